The molecule has 0 N–H and O–H groups in total. The lowest BCUT2D eigenvalue weighted by molar-refractivity contribution is -0.192. The summed E-state index contributed by atoms with van der Waals surface area (Å²) in [6.45, 7) is 4.39. The fraction of sp³-hybridized carbons (Fsp3) is 0.500. The van der Waals surface area contributed by atoms with Crippen molar-refractivity contribution in [3.63, 3.8) is 0 Å². The molecule has 0 aromatic heterocycles. The van der Waals surface area contributed by atoms with Crippen LogP contribution < -0.4 is 0 Å². The zero-order valence-corrected chi connectivity index (χ0v) is 32.8. The molecule has 0 spiro atoms. The third kappa shape index (κ3) is 17.8. The number of rotatable bonds is 23. The molecular weight excluding hydrogens is 737 g/mol. The maximum Gasteiger partial charge on any atom is 0.264 e. The maximum atomic E-state index is 13.0. The van der Waals surface area contributed by atoms with Crippen LogP contribution in [0.1, 0.15) is 43.9 Å². The minimum atomic E-state index is -4.29. The van der Waals surface area contributed by atoms with Gasteiger partial charge in [0, 0.05) is 6.42 Å². The molecule has 0 aliphatic heterocycles. The summed E-state index contributed by atoms with van der Waals surface area (Å²) in [5.41, 5.74) is 1.38. The van der Waals surface area contributed by atoms with Crippen molar-refractivity contribution in [1.82, 2.24) is 0 Å². The standard InChI is InChI=1S/C36H50O13S3/c1-36(2,3)46-27-32(48-51(5,39)40)33(44-25-29-18-12-8-13-19-29)35(45-26-30-20-14-9-15-21-30)34(49-52(6,41)42)31(22-23-47-50(4,37)38)43-24-28-16-10-7-11-17-28/h7-21,31-35H,22-27H2,1-6H3/t31-,32-,33+,34-,35-/m0/s1. The highest BCUT2D eigenvalue weighted by molar-refractivity contribution is 7.86. The third-order valence-electron chi connectivity index (χ3n) is 7.22. The second-order valence-electron chi connectivity index (χ2n) is 13.2. The molecule has 0 bridgehead atoms. The van der Waals surface area contributed by atoms with Gasteiger partial charge in [-0.3, -0.25) is 12.5 Å². The average molecular weight is 787 g/mol. The van der Waals surface area contributed by atoms with Crippen LogP contribution in [0.5, 0.6) is 0 Å². The summed E-state index contributed by atoms with van der Waals surface area (Å²) in [6.07, 6.45) is -4.57. The predicted octanol–water partition coefficient (Wildman–Crippen LogP) is 4.61. The first-order chi connectivity index (χ1) is 24.3. The molecule has 0 heterocycles. The van der Waals surface area contributed by atoms with Gasteiger partial charge in [-0.25, -0.2) is 0 Å². The maximum absolute atomic E-state index is 13.0. The van der Waals surface area contributed by atoms with E-state index in [1.54, 1.807) is 93.6 Å². The monoisotopic (exact) mass is 786 g/mol. The lowest BCUT2D eigenvalue weighted by Gasteiger charge is -2.39. The van der Waals surface area contributed by atoms with Crippen LogP contribution in [0.25, 0.3) is 0 Å². The van der Waals surface area contributed by atoms with Gasteiger partial charge in [0.1, 0.15) is 24.4 Å². The van der Waals surface area contributed by atoms with Gasteiger partial charge in [0.2, 0.25) is 0 Å². The number of hydrogen-bond acceptors (Lipinski definition) is 13. The molecule has 0 radical (unpaired) electrons. The Kier molecular flexibility index (Phi) is 16.8. The fourth-order valence-electron chi connectivity index (χ4n) is 5.02. The molecule has 0 amide bonds. The first-order valence-electron chi connectivity index (χ1n) is 16.5. The van der Waals surface area contributed by atoms with Gasteiger partial charge in [0.05, 0.1) is 63.5 Å². The molecule has 13 nitrogen and oxygen atoms in total. The Bertz CT molecular complexity index is 1800. The lowest BCUT2D eigenvalue weighted by atomic mass is 9.96. The highest BCUT2D eigenvalue weighted by Gasteiger charge is 2.45. The molecule has 0 saturated heterocycles. The zero-order valence-electron chi connectivity index (χ0n) is 30.3. The Hall–Kier alpha value is -2.77. The Morgan fingerprint density at radius 1 is 0.519 bits per heavy atom. The molecule has 3 aromatic carbocycles. The Morgan fingerprint density at radius 2 is 0.942 bits per heavy atom. The van der Waals surface area contributed by atoms with Gasteiger partial charge in [0.15, 0.2) is 0 Å². The largest absolute Gasteiger partial charge is 0.373 e. The average Bonchev–Trinajstić information content (AvgIpc) is 3.05. The van der Waals surface area contributed by atoms with Crippen LogP contribution in [0.3, 0.4) is 0 Å². The normalized spacial score (nSPS) is 15.8. The van der Waals surface area contributed by atoms with Crippen molar-refractivity contribution in [2.75, 3.05) is 32.0 Å². The first kappa shape index (κ1) is 43.6. The van der Waals surface area contributed by atoms with E-state index in [0.717, 1.165) is 24.3 Å². The van der Waals surface area contributed by atoms with Crippen molar-refractivity contribution in [2.45, 2.75) is 83.1 Å². The Labute approximate surface area is 308 Å². The van der Waals surface area contributed by atoms with Gasteiger partial charge in [0.25, 0.3) is 30.4 Å². The van der Waals surface area contributed by atoms with E-state index < -0.39 is 73.1 Å². The van der Waals surface area contributed by atoms with Crippen LogP contribution in [0, 0.1) is 0 Å². The molecule has 52 heavy (non-hydrogen) atoms. The predicted molar refractivity (Wildman–Crippen MR) is 196 cm³/mol. The summed E-state index contributed by atoms with van der Waals surface area (Å²) in [7, 11) is -12.4. The minimum Gasteiger partial charge on any atom is -0.373 e. The van der Waals surface area contributed by atoms with Crippen LogP contribution in [0.15, 0.2) is 91.0 Å². The van der Waals surface area contributed by atoms with E-state index in [-0.39, 0.29) is 32.8 Å². The summed E-state index contributed by atoms with van der Waals surface area (Å²) < 4.78 is 117. The van der Waals surface area contributed by atoms with E-state index in [1.807, 2.05) is 18.2 Å². The van der Waals surface area contributed by atoms with E-state index in [4.69, 9.17) is 31.5 Å². The molecule has 0 unspecified atom stereocenters. The molecule has 16 heteroatoms. The molecular formula is C36H50O13S3. The van der Waals surface area contributed by atoms with E-state index in [2.05, 4.69) is 0 Å². The smallest absolute Gasteiger partial charge is 0.264 e. The molecule has 3 aromatic rings. The molecule has 3 rings (SSSR count). The minimum absolute atomic E-state index is 0.0364. The highest BCUT2D eigenvalue weighted by Crippen LogP contribution is 2.29. The van der Waals surface area contributed by atoms with E-state index >= 15 is 0 Å². The van der Waals surface area contributed by atoms with E-state index in [1.165, 1.54) is 0 Å². The lowest BCUT2D eigenvalue weighted by Crippen LogP contribution is -2.56. The van der Waals surface area contributed by atoms with Gasteiger partial charge in [-0.1, -0.05) is 91.0 Å². The number of ether oxygens (including phenoxy) is 4. The zero-order chi connectivity index (χ0) is 38.4. The second kappa shape index (κ2) is 20.1. The highest BCUT2D eigenvalue weighted by atomic mass is 32.2. The molecule has 290 valence electrons. The molecule has 5 atom stereocenters. The van der Waals surface area contributed by atoms with Gasteiger partial charge in [-0.2, -0.15) is 25.3 Å². The number of hydrogen-bond donors (Lipinski definition) is 0. The molecule has 0 saturated carbocycles. The van der Waals surface area contributed by atoms with Crippen molar-refractivity contribution in [3.8, 4) is 0 Å². The van der Waals surface area contributed by atoms with Gasteiger partial charge in [-0.05, 0) is 37.5 Å². The Balaban J connectivity index is 2.23. The summed E-state index contributed by atoms with van der Waals surface area (Å²) in [4.78, 5) is 0. The second-order valence-corrected chi connectivity index (χ2v) is 18.0. The SMILES string of the molecule is CC(C)(C)OC[C@H](OS(C)(=O)=O)[C@@H](OCc1ccccc1)[C@H](OCc1ccccc1)[C@@H](OS(C)(=O)=O)[C@H](CCOS(C)(=O)=O)OCc1ccccc1. The van der Waals surface area contributed by atoms with Gasteiger partial charge in [-0.15, -0.1) is 0 Å². The topological polar surface area (TPSA) is 167 Å². The van der Waals surface area contributed by atoms with Gasteiger partial charge >= 0.3 is 0 Å². The van der Waals surface area contributed by atoms with Crippen LogP contribution in [0.4, 0.5) is 0 Å². The van der Waals surface area contributed by atoms with E-state index in [0.29, 0.717) is 11.1 Å². The summed E-state index contributed by atoms with van der Waals surface area (Å²) in [5, 5.41) is 0. The third-order valence-corrected chi connectivity index (χ3v) is 8.99. The quantitative estimate of drug-likeness (QED) is 0.122. The van der Waals surface area contributed by atoms with Crippen molar-refractivity contribution in [3.05, 3.63) is 108 Å². The first-order valence-corrected chi connectivity index (χ1v) is 21.9. The van der Waals surface area contributed by atoms with E-state index in [9.17, 15) is 25.3 Å². The summed E-state index contributed by atoms with van der Waals surface area (Å²) >= 11 is 0. The van der Waals surface area contributed by atoms with Crippen LogP contribution in [-0.4, -0.2) is 93.4 Å². The van der Waals surface area contributed by atoms with Crippen molar-refractivity contribution in [2.24, 2.45) is 0 Å². The van der Waals surface area contributed by atoms with Crippen molar-refractivity contribution in [1.29, 1.82) is 0 Å². The van der Waals surface area contributed by atoms with Crippen molar-refractivity contribution >= 4 is 30.4 Å². The summed E-state index contributed by atoms with van der Waals surface area (Å²) in [5.74, 6) is 0. The fourth-order valence-corrected chi connectivity index (χ4v) is 6.67. The van der Waals surface area contributed by atoms with Crippen LogP contribution in [-0.2, 0) is 81.7 Å². The van der Waals surface area contributed by atoms with Crippen molar-refractivity contribution < 1.29 is 56.8 Å². The molecule has 0 aliphatic carbocycles. The Morgan fingerprint density at radius 3 is 1.35 bits per heavy atom. The molecule has 0 fully saturated rings. The van der Waals surface area contributed by atoms with Crippen LogP contribution in [0.2, 0.25) is 0 Å². The summed E-state index contributed by atoms with van der Waals surface area (Å²) in [6, 6.07) is 27.0. The molecule has 0 aliphatic rings. The number of benzene rings is 3. The van der Waals surface area contributed by atoms with Gasteiger partial charge < -0.3 is 18.9 Å². The van der Waals surface area contributed by atoms with Crippen LogP contribution >= 0.6 is 0 Å².